The number of halogens is 3. The van der Waals surface area contributed by atoms with Gasteiger partial charge in [-0.2, -0.15) is 13.2 Å². The average molecular weight is 319 g/mol. The summed E-state index contributed by atoms with van der Waals surface area (Å²) < 4.78 is 53.5. The fourth-order valence-electron chi connectivity index (χ4n) is 1.45. The van der Waals surface area contributed by atoms with Gasteiger partial charge in [0.2, 0.25) is 0 Å². The van der Waals surface area contributed by atoms with Crippen molar-refractivity contribution >= 4 is 21.8 Å². The molecule has 0 saturated carbocycles. The highest BCUT2D eigenvalue weighted by atomic mass is 32.2. The van der Waals surface area contributed by atoms with Crippen LogP contribution in [0.1, 0.15) is 0 Å². The van der Waals surface area contributed by atoms with E-state index >= 15 is 0 Å². The summed E-state index contributed by atoms with van der Waals surface area (Å²) in [6.07, 6.45) is -3.76. The molecule has 116 valence electrons. The maximum absolute atomic E-state index is 10.9. The molecule has 0 radical (unpaired) electrons. The molecule has 1 atom stereocenters. The molecule has 1 aliphatic heterocycles. The van der Waals surface area contributed by atoms with Gasteiger partial charge in [-0.05, 0) is 0 Å². The van der Waals surface area contributed by atoms with Crippen molar-refractivity contribution in [1.29, 1.82) is 0 Å². The van der Waals surface area contributed by atoms with Crippen molar-refractivity contribution in [2.45, 2.75) is 12.2 Å². The first kappa shape index (κ1) is 18.4. The second-order valence-electron chi connectivity index (χ2n) is 4.09. The zero-order chi connectivity index (χ0) is 16.4. The summed E-state index contributed by atoms with van der Waals surface area (Å²) in [5.41, 5.74) is 4.39. The Hall–Kier alpha value is -1.62. The molecule has 0 unspecified atom stereocenters. The van der Waals surface area contributed by atoms with Gasteiger partial charge in [-0.1, -0.05) is 6.08 Å². The molecule has 0 aromatic carbocycles. The molecule has 1 saturated heterocycles. The van der Waals surface area contributed by atoms with Gasteiger partial charge < -0.3 is 15.9 Å². The van der Waals surface area contributed by atoms with Crippen molar-refractivity contribution in [3.05, 3.63) is 12.7 Å². The molecule has 0 aromatic heterocycles. The first-order chi connectivity index (χ1) is 8.77. The molecule has 0 spiro atoms. The van der Waals surface area contributed by atoms with Gasteiger partial charge in [-0.25, -0.2) is 13.2 Å². The molecular weight excluding hydrogens is 307 g/mol. The number of hydrogen-bond acceptors (Lipinski definition) is 5. The minimum absolute atomic E-state index is 0.211. The van der Waals surface area contributed by atoms with Gasteiger partial charge in [-0.15, -0.1) is 6.58 Å². The standard InChI is InChI=1S/C7H11NO4S.C2HF3O2/c1-2-7(5(8)6(9)10)3-13(11,12)4-7;3-2(4,5)1(6)7/h2,5H,1,3-4,8H2,(H,9,10);(H,6,7)/t5-;/m1./s1. The summed E-state index contributed by atoms with van der Waals surface area (Å²) in [6, 6.07) is -1.19. The third-order valence-electron chi connectivity index (χ3n) is 2.51. The fraction of sp³-hybridized carbons (Fsp3) is 0.556. The van der Waals surface area contributed by atoms with Crippen molar-refractivity contribution < 1.29 is 41.4 Å². The number of alkyl halides is 3. The predicted octanol–water partition coefficient (Wildman–Crippen LogP) is -0.368. The zero-order valence-electron chi connectivity index (χ0n) is 9.92. The van der Waals surface area contributed by atoms with E-state index in [1.54, 1.807) is 0 Å². The SMILES string of the molecule is C=CC1([C@H](N)C(=O)O)CS(=O)(=O)C1.O=C(O)C(F)(F)F. The topological polar surface area (TPSA) is 135 Å². The van der Waals surface area contributed by atoms with E-state index in [0.717, 1.165) is 0 Å². The molecule has 4 N–H and O–H groups in total. The number of rotatable bonds is 3. The van der Waals surface area contributed by atoms with Gasteiger partial charge in [0.05, 0.1) is 11.5 Å². The molecule has 1 aliphatic rings. The lowest BCUT2D eigenvalue weighted by atomic mass is 9.84. The maximum atomic E-state index is 10.9. The molecule has 1 rings (SSSR count). The molecule has 0 aromatic rings. The average Bonchev–Trinajstić information content (AvgIpc) is 2.23. The number of carbonyl (C=O) groups is 2. The van der Waals surface area contributed by atoms with Crippen LogP contribution in [0.15, 0.2) is 12.7 Å². The molecule has 1 heterocycles. The summed E-state index contributed by atoms with van der Waals surface area (Å²) in [6.45, 7) is 3.42. The second-order valence-corrected chi connectivity index (χ2v) is 6.15. The van der Waals surface area contributed by atoms with E-state index in [4.69, 9.17) is 20.7 Å². The van der Waals surface area contributed by atoms with Crippen LogP contribution in [0.4, 0.5) is 13.2 Å². The van der Waals surface area contributed by atoms with E-state index < -0.39 is 39.4 Å². The lowest BCUT2D eigenvalue weighted by molar-refractivity contribution is -0.192. The summed E-state index contributed by atoms with van der Waals surface area (Å²) >= 11 is 0. The van der Waals surface area contributed by atoms with E-state index in [2.05, 4.69) is 6.58 Å². The van der Waals surface area contributed by atoms with Crippen LogP contribution in [0.2, 0.25) is 0 Å². The van der Waals surface area contributed by atoms with Gasteiger partial charge >= 0.3 is 18.1 Å². The highest BCUT2D eigenvalue weighted by Gasteiger charge is 2.52. The summed E-state index contributed by atoms with van der Waals surface area (Å²) in [5.74, 6) is -4.38. The van der Waals surface area contributed by atoms with Crippen molar-refractivity contribution in [3.63, 3.8) is 0 Å². The minimum Gasteiger partial charge on any atom is -0.480 e. The number of sulfone groups is 1. The van der Waals surface area contributed by atoms with E-state index in [1.165, 1.54) is 6.08 Å². The minimum atomic E-state index is -5.08. The number of hydrogen-bond donors (Lipinski definition) is 3. The first-order valence-corrected chi connectivity index (χ1v) is 6.72. The Labute approximate surface area is 111 Å². The Kier molecular flexibility index (Phi) is 5.32. The molecule has 1 fully saturated rings. The Morgan fingerprint density at radius 3 is 1.80 bits per heavy atom. The Morgan fingerprint density at radius 1 is 1.30 bits per heavy atom. The number of aliphatic carboxylic acids is 2. The first-order valence-electron chi connectivity index (χ1n) is 4.90. The fourth-order valence-corrected chi connectivity index (χ4v) is 3.59. The Morgan fingerprint density at radius 2 is 1.65 bits per heavy atom. The van der Waals surface area contributed by atoms with Gasteiger partial charge in [0.1, 0.15) is 6.04 Å². The van der Waals surface area contributed by atoms with Crippen LogP contribution >= 0.6 is 0 Å². The lowest BCUT2D eigenvalue weighted by Crippen LogP contribution is -2.60. The lowest BCUT2D eigenvalue weighted by Gasteiger charge is -2.40. The normalized spacial score (nSPS) is 20.6. The summed E-state index contributed by atoms with van der Waals surface area (Å²) in [4.78, 5) is 19.4. The highest BCUT2D eigenvalue weighted by molar-refractivity contribution is 7.92. The number of nitrogens with two attached hydrogens (primary N) is 1. The second kappa shape index (κ2) is 5.79. The Bertz CT molecular complexity index is 500. The summed E-state index contributed by atoms with van der Waals surface area (Å²) in [7, 11) is -3.09. The van der Waals surface area contributed by atoms with Crippen molar-refractivity contribution in [2.24, 2.45) is 11.1 Å². The highest BCUT2D eigenvalue weighted by Crippen LogP contribution is 2.36. The van der Waals surface area contributed by atoms with Crippen LogP contribution in [0.5, 0.6) is 0 Å². The van der Waals surface area contributed by atoms with E-state index in [1.807, 2.05) is 0 Å². The molecular formula is C9H12F3NO6S. The van der Waals surface area contributed by atoms with Crippen LogP contribution in [0.3, 0.4) is 0 Å². The van der Waals surface area contributed by atoms with Crippen LogP contribution in [-0.4, -0.2) is 54.3 Å². The van der Waals surface area contributed by atoms with E-state index in [-0.39, 0.29) is 11.5 Å². The van der Waals surface area contributed by atoms with Crippen LogP contribution in [-0.2, 0) is 19.4 Å². The molecule has 7 nitrogen and oxygen atoms in total. The third kappa shape index (κ3) is 4.49. The van der Waals surface area contributed by atoms with Crippen molar-refractivity contribution in [3.8, 4) is 0 Å². The maximum Gasteiger partial charge on any atom is 0.490 e. The molecule has 0 amide bonds. The van der Waals surface area contributed by atoms with Crippen LogP contribution in [0, 0.1) is 5.41 Å². The molecule has 20 heavy (non-hydrogen) atoms. The molecule has 0 aliphatic carbocycles. The Balaban J connectivity index is 0.000000441. The van der Waals surface area contributed by atoms with Crippen LogP contribution in [0.25, 0.3) is 0 Å². The molecule has 11 heteroatoms. The van der Waals surface area contributed by atoms with Crippen LogP contribution < -0.4 is 5.73 Å². The molecule has 0 bridgehead atoms. The monoisotopic (exact) mass is 319 g/mol. The van der Waals surface area contributed by atoms with E-state index in [0.29, 0.717) is 0 Å². The quantitative estimate of drug-likeness (QED) is 0.604. The summed E-state index contributed by atoms with van der Waals surface area (Å²) in [5, 5.41) is 15.7. The van der Waals surface area contributed by atoms with Gasteiger partial charge in [0, 0.05) is 5.41 Å². The predicted molar refractivity (Wildman–Crippen MR) is 60.6 cm³/mol. The van der Waals surface area contributed by atoms with Gasteiger partial charge in [-0.3, -0.25) is 4.79 Å². The smallest absolute Gasteiger partial charge is 0.480 e. The number of carboxylic acids is 2. The van der Waals surface area contributed by atoms with Crippen molar-refractivity contribution in [1.82, 2.24) is 0 Å². The van der Waals surface area contributed by atoms with E-state index in [9.17, 15) is 26.4 Å². The van der Waals surface area contributed by atoms with Gasteiger partial charge in [0.15, 0.2) is 9.84 Å². The largest absolute Gasteiger partial charge is 0.490 e. The third-order valence-corrected chi connectivity index (χ3v) is 4.47. The zero-order valence-corrected chi connectivity index (χ0v) is 10.7. The van der Waals surface area contributed by atoms with Gasteiger partial charge in [0.25, 0.3) is 0 Å². The van der Waals surface area contributed by atoms with Crippen molar-refractivity contribution in [2.75, 3.05) is 11.5 Å². The number of carboxylic acid groups (broad SMARTS) is 2.